The molecule has 0 spiro atoms. The summed E-state index contributed by atoms with van der Waals surface area (Å²) in [6.07, 6.45) is -1.28. The molecule has 2 fully saturated rings. The fourth-order valence-corrected chi connectivity index (χ4v) is 6.22. The Bertz CT molecular complexity index is 1400. The number of alkyl halides is 2. The van der Waals surface area contributed by atoms with Crippen LogP contribution >= 0.6 is 11.3 Å². The van der Waals surface area contributed by atoms with Gasteiger partial charge in [0, 0.05) is 25.5 Å². The second kappa shape index (κ2) is 8.19. The van der Waals surface area contributed by atoms with Crippen LogP contribution in [0.2, 0.25) is 0 Å². The van der Waals surface area contributed by atoms with Crippen LogP contribution in [0.5, 0.6) is 0 Å². The zero-order valence-electron chi connectivity index (χ0n) is 18.1. The lowest BCUT2D eigenvalue weighted by Crippen LogP contribution is -2.37. The first-order chi connectivity index (χ1) is 16.1. The van der Waals surface area contributed by atoms with Crippen molar-refractivity contribution in [1.29, 1.82) is 0 Å². The fraction of sp³-hybridized carbons (Fsp3) is 0.500. The molecule has 10 nitrogen and oxygen atoms in total. The van der Waals surface area contributed by atoms with Crippen LogP contribution in [0.3, 0.4) is 0 Å². The van der Waals surface area contributed by atoms with Crippen molar-refractivity contribution in [2.24, 2.45) is 7.05 Å². The molecule has 0 radical (unpaired) electrons. The average Bonchev–Trinajstić information content (AvgIpc) is 3.24. The number of nitrogens with one attached hydrogen (secondary N) is 1. The number of rotatable bonds is 6. The first-order valence-corrected chi connectivity index (χ1v) is 12.9. The molecule has 0 bridgehead atoms. The van der Waals surface area contributed by atoms with Gasteiger partial charge in [0.25, 0.3) is 12.1 Å². The van der Waals surface area contributed by atoms with E-state index in [1.165, 1.54) is 6.07 Å². The Labute approximate surface area is 198 Å². The van der Waals surface area contributed by atoms with Crippen LogP contribution in [0.15, 0.2) is 17.0 Å². The Morgan fingerprint density at radius 3 is 2.59 bits per heavy atom. The molecule has 0 amide bonds. The molecule has 1 aliphatic heterocycles. The molecule has 34 heavy (non-hydrogen) atoms. The number of hydrogen-bond acceptors (Lipinski definition) is 8. The number of aliphatic hydroxyl groups excluding tert-OH is 1. The first-order valence-electron chi connectivity index (χ1n) is 10.6. The number of aryl methyl sites for hydroxylation is 1. The van der Waals surface area contributed by atoms with E-state index >= 15 is 0 Å². The molecule has 2 aliphatic rings. The van der Waals surface area contributed by atoms with Crippen molar-refractivity contribution in [2.45, 2.75) is 48.8 Å². The van der Waals surface area contributed by atoms with Crippen LogP contribution in [-0.2, 0) is 17.1 Å². The van der Waals surface area contributed by atoms with Gasteiger partial charge in [0.2, 0.25) is 10.0 Å². The number of halogens is 2. The number of hydrogen-bond donors (Lipinski definition) is 2. The third-order valence-corrected chi connectivity index (χ3v) is 8.54. The van der Waals surface area contributed by atoms with Crippen molar-refractivity contribution in [3.8, 4) is 10.7 Å². The van der Waals surface area contributed by atoms with Gasteiger partial charge in [-0.2, -0.15) is 5.10 Å². The topological polar surface area (TPSA) is 118 Å². The summed E-state index contributed by atoms with van der Waals surface area (Å²) in [4.78, 5) is 5.36. The summed E-state index contributed by atoms with van der Waals surface area (Å²) in [7, 11) is -2.37. The van der Waals surface area contributed by atoms with Crippen LogP contribution in [-0.4, -0.2) is 58.4 Å². The minimum Gasteiger partial charge on any atom is -0.393 e. The van der Waals surface area contributed by atoms with E-state index in [0.29, 0.717) is 66.7 Å². The van der Waals surface area contributed by atoms with Crippen molar-refractivity contribution < 1.29 is 22.3 Å². The maximum absolute atomic E-state index is 13.3. The van der Waals surface area contributed by atoms with E-state index in [0.717, 1.165) is 0 Å². The van der Waals surface area contributed by atoms with E-state index in [2.05, 4.69) is 24.9 Å². The zero-order chi connectivity index (χ0) is 24.3. The van der Waals surface area contributed by atoms with Crippen LogP contribution < -0.4 is 9.62 Å². The molecule has 1 aliphatic carbocycles. The molecule has 1 saturated heterocycles. The van der Waals surface area contributed by atoms with E-state index in [1.807, 2.05) is 4.90 Å². The SMILES string of the molecule is [C-]#[N+]C1(NS(=O)(=O)c2cc(N3CCC(O)CC3)c3c(c2)c(-c2nnc(C(F)F)s2)nn3C)CC1. The van der Waals surface area contributed by atoms with Crippen molar-refractivity contribution in [3.05, 3.63) is 28.6 Å². The summed E-state index contributed by atoms with van der Waals surface area (Å²) in [5.74, 6) is 0. The van der Waals surface area contributed by atoms with Crippen molar-refractivity contribution in [2.75, 3.05) is 18.0 Å². The number of aliphatic hydroxyl groups is 1. The van der Waals surface area contributed by atoms with Gasteiger partial charge in [0.15, 0.2) is 10.0 Å². The maximum atomic E-state index is 13.3. The quantitative estimate of drug-likeness (QED) is 0.491. The summed E-state index contributed by atoms with van der Waals surface area (Å²) < 4.78 is 56.8. The molecule has 180 valence electrons. The van der Waals surface area contributed by atoms with Gasteiger partial charge in [-0.05, 0) is 25.0 Å². The van der Waals surface area contributed by atoms with Gasteiger partial charge in [-0.15, -0.1) is 14.9 Å². The third kappa shape index (κ3) is 4.02. The molecule has 14 heteroatoms. The van der Waals surface area contributed by atoms with Crippen molar-refractivity contribution >= 4 is 38.0 Å². The Kier molecular flexibility index (Phi) is 5.55. The lowest BCUT2D eigenvalue weighted by atomic mass is 10.1. The predicted octanol–water partition coefficient (Wildman–Crippen LogP) is 2.68. The highest BCUT2D eigenvalue weighted by Crippen LogP contribution is 2.41. The first kappa shape index (κ1) is 23.0. The highest BCUT2D eigenvalue weighted by Gasteiger charge is 2.54. The van der Waals surface area contributed by atoms with Crippen LogP contribution in [0.4, 0.5) is 14.5 Å². The van der Waals surface area contributed by atoms with Crippen LogP contribution in [0, 0.1) is 6.57 Å². The van der Waals surface area contributed by atoms with E-state index in [4.69, 9.17) is 6.57 Å². The highest BCUT2D eigenvalue weighted by atomic mass is 32.2. The third-order valence-electron chi connectivity index (χ3n) is 6.10. The normalized spacial score (nSPS) is 18.5. The summed E-state index contributed by atoms with van der Waals surface area (Å²) in [5, 5.41) is 21.9. The number of aromatic nitrogens is 4. The Balaban J connectivity index is 1.69. The van der Waals surface area contributed by atoms with Crippen LogP contribution in [0.25, 0.3) is 26.4 Å². The molecule has 0 unspecified atom stereocenters. The average molecular weight is 510 g/mol. The molecule has 3 aromatic rings. The van der Waals surface area contributed by atoms with Gasteiger partial charge in [-0.25, -0.2) is 23.8 Å². The van der Waals surface area contributed by atoms with Crippen molar-refractivity contribution in [3.63, 3.8) is 0 Å². The van der Waals surface area contributed by atoms with Gasteiger partial charge >= 0.3 is 0 Å². The Hall–Kier alpha value is -2.73. The van der Waals surface area contributed by atoms with Crippen molar-refractivity contribution in [1.82, 2.24) is 24.7 Å². The summed E-state index contributed by atoms with van der Waals surface area (Å²) >= 11 is 0.701. The van der Waals surface area contributed by atoms with E-state index in [1.54, 1.807) is 17.8 Å². The number of sulfonamides is 1. The molecule has 5 rings (SSSR count). The van der Waals surface area contributed by atoms with Gasteiger partial charge in [0.1, 0.15) is 5.69 Å². The van der Waals surface area contributed by atoms with Gasteiger partial charge < -0.3 is 10.0 Å². The predicted molar refractivity (Wildman–Crippen MR) is 121 cm³/mol. The number of nitrogens with zero attached hydrogens (tertiary/aromatic N) is 6. The van der Waals surface area contributed by atoms with Gasteiger partial charge in [-0.3, -0.25) is 9.53 Å². The molecule has 2 N–H and O–H groups in total. The summed E-state index contributed by atoms with van der Waals surface area (Å²) in [6, 6.07) is 2.98. The smallest absolute Gasteiger partial charge is 0.299 e. The lowest BCUT2D eigenvalue weighted by molar-refractivity contribution is 0.145. The monoisotopic (exact) mass is 509 g/mol. The van der Waals surface area contributed by atoms with Gasteiger partial charge in [-0.1, -0.05) is 11.3 Å². The van der Waals surface area contributed by atoms with Crippen LogP contribution in [0.1, 0.15) is 37.1 Å². The summed E-state index contributed by atoms with van der Waals surface area (Å²) in [6.45, 7) is 8.34. The number of anilines is 1. The van der Waals surface area contributed by atoms with E-state index < -0.39 is 33.2 Å². The number of fused-ring (bicyclic) bond motifs is 1. The van der Waals surface area contributed by atoms with Gasteiger partial charge in [0.05, 0.1) is 35.0 Å². The Morgan fingerprint density at radius 2 is 2.00 bits per heavy atom. The molecular formula is C20H21F2N7O3S2. The second-order valence-electron chi connectivity index (χ2n) is 8.52. The maximum Gasteiger partial charge on any atom is 0.299 e. The fourth-order valence-electron chi connectivity index (χ4n) is 4.11. The summed E-state index contributed by atoms with van der Waals surface area (Å²) in [5.41, 5.74) is 0.345. The largest absolute Gasteiger partial charge is 0.393 e. The number of benzene rings is 1. The molecule has 2 aromatic heterocycles. The van der Waals surface area contributed by atoms with E-state index in [9.17, 15) is 22.3 Å². The second-order valence-corrected chi connectivity index (χ2v) is 11.2. The lowest BCUT2D eigenvalue weighted by Gasteiger charge is -2.32. The standard InChI is InChI=1S/C20H21F2N7O3S2/c1-23-20(5-6-20)27-34(31,32)12-9-13-15(18-24-25-19(33-18)17(21)22)26-28(2)16(13)14(10-12)29-7-3-11(30)4-8-29/h9-11,17,27,30H,3-8H2,2H3. The molecular weight excluding hydrogens is 488 g/mol. The zero-order valence-corrected chi connectivity index (χ0v) is 19.7. The Morgan fingerprint density at radius 1 is 1.29 bits per heavy atom. The number of piperidine rings is 1. The highest BCUT2D eigenvalue weighted by molar-refractivity contribution is 7.89. The minimum atomic E-state index is -4.06. The minimum absolute atomic E-state index is 0.0519. The molecule has 1 aromatic carbocycles. The molecule has 0 atom stereocenters. The molecule has 3 heterocycles. The molecule has 1 saturated carbocycles. The van der Waals surface area contributed by atoms with E-state index in [-0.39, 0.29) is 15.6 Å².